The maximum atomic E-state index is 3.87. The van der Waals surface area contributed by atoms with Gasteiger partial charge < -0.3 is 5.32 Å². The van der Waals surface area contributed by atoms with Crippen LogP contribution < -0.4 is 5.32 Å². The molecular weight excluding hydrogens is 238 g/mol. The van der Waals surface area contributed by atoms with E-state index in [9.17, 15) is 0 Å². The summed E-state index contributed by atoms with van der Waals surface area (Å²) in [5.41, 5.74) is 3.62. The van der Waals surface area contributed by atoms with Crippen molar-refractivity contribution in [2.45, 2.75) is 20.3 Å². The normalized spacial score (nSPS) is 9.93. The zero-order chi connectivity index (χ0) is 10.6. The molecule has 0 saturated carbocycles. The highest BCUT2D eigenvalue weighted by atomic mass is 79.9. The summed E-state index contributed by atoms with van der Waals surface area (Å²) in [6.07, 6.45) is 1.01. The molecule has 76 valence electrons. The summed E-state index contributed by atoms with van der Waals surface area (Å²) in [5.74, 6) is 0. The summed E-state index contributed by atoms with van der Waals surface area (Å²) in [7, 11) is 0. The molecule has 0 aromatic heterocycles. The van der Waals surface area contributed by atoms with Gasteiger partial charge in [-0.2, -0.15) is 0 Å². The number of hydrogen-bond acceptors (Lipinski definition) is 1. The van der Waals surface area contributed by atoms with Crippen molar-refractivity contribution in [3.8, 4) is 0 Å². The van der Waals surface area contributed by atoms with Crippen molar-refractivity contribution in [1.29, 1.82) is 0 Å². The summed E-state index contributed by atoms with van der Waals surface area (Å²) in [4.78, 5) is 0. The number of nitrogens with one attached hydrogen (secondary N) is 1. The van der Waals surface area contributed by atoms with Gasteiger partial charge in [0.1, 0.15) is 0 Å². The van der Waals surface area contributed by atoms with Crippen LogP contribution in [0.25, 0.3) is 0 Å². The highest BCUT2D eigenvalue weighted by molar-refractivity contribution is 9.10. The molecule has 1 N–H and O–H groups in total. The number of hydrogen-bond donors (Lipinski definition) is 1. The van der Waals surface area contributed by atoms with E-state index in [2.05, 4.69) is 52.9 Å². The fraction of sp³-hybridized carbons (Fsp3) is 0.333. The third-order valence-electron chi connectivity index (χ3n) is 2.06. The van der Waals surface area contributed by atoms with Crippen LogP contribution in [0.5, 0.6) is 0 Å². The van der Waals surface area contributed by atoms with E-state index in [0.29, 0.717) is 0 Å². The van der Waals surface area contributed by atoms with Crippen LogP contribution in [0.2, 0.25) is 0 Å². The van der Waals surface area contributed by atoms with Gasteiger partial charge in [0.25, 0.3) is 0 Å². The first kappa shape index (κ1) is 11.3. The smallest absolute Gasteiger partial charge is 0.0487 e. The first-order valence-electron chi connectivity index (χ1n) is 4.74. The molecular formula is C12H16BrN. The number of aryl methyl sites for hydroxylation is 1. The van der Waals surface area contributed by atoms with Crippen LogP contribution in [0.1, 0.15) is 18.9 Å². The predicted molar refractivity (Wildman–Crippen MR) is 66.8 cm³/mol. The molecule has 1 nitrogen and oxygen atoms in total. The number of benzene rings is 1. The third-order valence-corrected chi connectivity index (χ3v) is 3.11. The van der Waals surface area contributed by atoms with Crippen LogP contribution in [0.15, 0.2) is 34.8 Å². The van der Waals surface area contributed by atoms with E-state index in [1.54, 1.807) is 0 Å². The maximum Gasteiger partial charge on any atom is 0.0487 e. The van der Waals surface area contributed by atoms with Gasteiger partial charge in [0, 0.05) is 16.7 Å². The second-order valence-corrected chi connectivity index (χ2v) is 4.36. The van der Waals surface area contributed by atoms with Crippen molar-refractivity contribution < 1.29 is 0 Å². The van der Waals surface area contributed by atoms with Crippen LogP contribution in [-0.2, 0) is 0 Å². The molecule has 0 amide bonds. The van der Waals surface area contributed by atoms with E-state index in [-0.39, 0.29) is 0 Å². The van der Waals surface area contributed by atoms with Crippen molar-refractivity contribution in [1.82, 2.24) is 0 Å². The van der Waals surface area contributed by atoms with Gasteiger partial charge >= 0.3 is 0 Å². The lowest BCUT2D eigenvalue weighted by Gasteiger charge is -2.09. The molecule has 0 saturated heterocycles. The Labute approximate surface area is 94.3 Å². The van der Waals surface area contributed by atoms with Gasteiger partial charge in [-0.05, 0) is 47.8 Å². The minimum atomic E-state index is 0.942. The average molecular weight is 254 g/mol. The molecule has 0 aliphatic carbocycles. The van der Waals surface area contributed by atoms with Crippen LogP contribution in [0, 0.1) is 6.92 Å². The Morgan fingerprint density at radius 3 is 2.86 bits per heavy atom. The lowest BCUT2D eigenvalue weighted by atomic mass is 10.2. The quantitative estimate of drug-likeness (QED) is 0.796. The molecule has 0 atom stereocenters. The van der Waals surface area contributed by atoms with E-state index in [1.165, 1.54) is 11.1 Å². The van der Waals surface area contributed by atoms with Gasteiger partial charge in [-0.1, -0.05) is 17.7 Å². The first-order chi connectivity index (χ1) is 6.61. The summed E-state index contributed by atoms with van der Waals surface area (Å²) in [6.45, 7) is 8.96. The largest absolute Gasteiger partial charge is 0.384 e. The SMILES string of the molecule is C=C(C)CCNc1cccc(C)c1Br. The number of halogens is 1. The first-order valence-corrected chi connectivity index (χ1v) is 5.54. The van der Waals surface area contributed by atoms with E-state index in [4.69, 9.17) is 0 Å². The minimum absolute atomic E-state index is 0.942. The molecule has 0 unspecified atom stereocenters. The predicted octanol–water partition coefficient (Wildman–Crippen LogP) is 4.14. The molecule has 0 spiro atoms. The van der Waals surface area contributed by atoms with Crippen LogP contribution in [-0.4, -0.2) is 6.54 Å². The van der Waals surface area contributed by atoms with E-state index in [1.807, 2.05) is 6.92 Å². The molecule has 14 heavy (non-hydrogen) atoms. The molecule has 2 heteroatoms. The van der Waals surface area contributed by atoms with Gasteiger partial charge in [0.05, 0.1) is 0 Å². The Morgan fingerprint density at radius 1 is 1.50 bits per heavy atom. The summed E-state index contributed by atoms with van der Waals surface area (Å²) in [5, 5.41) is 3.38. The van der Waals surface area contributed by atoms with Crippen LogP contribution in [0.3, 0.4) is 0 Å². The van der Waals surface area contributed by atoms with Crippen molar-refractivity contribution in [3.05, 3.63) is 40.4 Å². The highest BCUT2D eigenvalue weighted by Gasteiger charge is 2.00. The zero-order valence-electron chi connectivity index (χ0n) is 8.73. The molecule has 0 radical (unpaired) electrons. The third kappa shape index (κ3) is 3.18. The summed E-state index contributed by atoms with van der Waals surface area (Å²) in [6, 6.07) is 6.23. The fourth-order valence-electron chi connectivity index (χ4n) is 1.19. The van der Waals surface area contributed by atoms with Gasteiger partial charge in [-0.15, -0.1) is 6.58 Å². The van der Waals surface area contributed by atoms with E-state index >= 15 is 0 Å². The van der Waals surface area contributed by atoms with Gasteiger partial charge in [-0.3, -0.25) is 0 Å². The maximum absolute atomic E-state index is 3.87. The highest BCUT2D eigenvalue weighted by Crippen LogP contribution is 2.25. The molecule has 1 aromatic carbocycles. The summed E-state index contributed by atoms with van der Waals surface area (Å²) >= 11 is 3.56. The lowest BCUT2D eigenvalue weighted by molar-refractivity contribution is 1.00. The number of anilines is 1. The molecule has 0 aliphatic rings. The topological polar surface area (TPSA) is 12.0 Å². The van der Waals surface area contributed by atoms with Gasteiger partial charge in [0.2, 0.25) is 0 Å². The Kier molecular flexibility index (Phi) is 4.21. The zero-order valence-corrected chi connectivity index (χ0v) is 10.3. The number of rotatable bonds is 4. The standard InChI is InChI=1S/C12H16BrN/c1-9(2)7-8-14-11-6-4-5-10(3)12(11)13/h4-6,14H,1,7-8H2,2-3H3. The Morgan fingerprint density at radius 2 is 2.21 bits per heavy atom. The van der Waals surface area contributed by atoms with Gasteiger partial charge in [0.15, 0.2) is 0 Å². The second-order valence-electron chi connectivity index (χ2n) is 3.57. The molecule has 1 rings (SSSR count). The van der Waals surface area contributed by atoms with Crippen molar-refractivity contribution in [3.63, 3.8) is 0 Å². The monoisotopic (exact) mass is 253 g/mol. The van der Waals surface area contributed by atoms with Crippen molar-refractivity contribution in [2.24, 2.45) is 0 Å². The molecule has 1 aromatic rings. The van der Waals surface area contributed by atoms with Crippen LogP contribution in [0.4, 0.5) is 5.69 Å². The van der Waals surface area contributed by atoms with Crippen molar-refractivity contribution >= 4 is 21.6 Å². The lowest BCUT2D eigenvalue weighted by Crippen LogP contribution is -2.02. The Balaban J connectivity index is 2.59. The second kappa shape index (κ2) is 5.20. The Bertz CT molecular complexity index is 331. The Hall–Kier alpha value is -0.760. The minimum Gasteiger partial charge on any atom is -0.384 e. The van der Waals surface area contributed by atoms with Crippen molar-refractivity contribution in [2.75, 3.05) is 11.9 Å². The van der Waals surface area contributed by atoms with E-state index in [0.717, 1.165) is 23.1 Å². The molecule has 0 bridgehead atoms. The summed E-state index contributed by atoms with van der Waals surface area (Å²) < 4.78 is 1.15. The average Bonchev–Trinajstić information content (AvgIpc) is 2.12. The fourth-order valence-corrected chi connectivity index (χ4v) is 1.60. The van der Waals surface area contributed by atoms with Crippen LogP contribution >= 0.6 is 15.9 Å². The molecule has 0 aliphatic heterocycles. The van der Waals surface area contributed by atoms with Gasteiger partial charge in [-0.25, -0.2) is 0 Å². The molecule has 0 fully saturated rings. The molecule has 0 heterocycles. The van der Waals surface area contributed by atoms with E-state index < -0.39 is 0 Å².